The van der Waals surface area contributed by atoms with Gasteiger partial charge >= 0.3 is 0 Å². The summed E-state index contributed by atoms with van der Waals surface area (Å²) in [5, 5.41) is 0. The Morgan fingerprint density at radius 3 is 2.52 bits per heavy atom. The summed E-state index contributed by atoms with van der Waals surface area (Å²) in [5.41, 5.74) is 1.57. The summed E-state index contributed by atoms with van der Waals surface area (Å²) in [6, 6.07) is 4.21. The van der Waals surface area contributed by atoms with Crippen LogP contribution in [0.3, 0.4) is 0 Å². The molecule has 0 aliphatic carbocycles. The van der Waals surface area contributed by atoms with Crippen molar-refractivity contribution in [3.8, 4) is 0 Å². The molecule has 1 N–H and O–H groups in total. The highest BCUT2D eigenvalue weighted by Crippen LogP contribution is 2.26. The summed E-state index contributed by atoms with van der Waals surface area (Å²) in [4.78, 5) is -0.247. The maximum Gasteiger partial charge on any atom is 0.264 e. The molecule has 0 fully saturated rings. The van der Waals surface area contributed by atoms with Crippen molar-refractivity contribution in [2.24, 2.45) is 0 Å². The number of unbranched alkanes of at least 4 members (excludes halogenated alkanes) is 1. The van der Waals surface area contributed by atoms with Crippen molar-refractivity contribution in [1.82, 2.24) is 0 Å². The van der Waals surface area contributed by atoms with Crippen LogP contribution in [0.4, 0.5) is 5.69 Å². The van der Waals surface area contributed by atoms with Crippen LogP contribution in [0.5, 0.6) is 0 Å². The maximum atomic E-state index is 11.0. The van der Waals surface area contributed by atoms with Gasteiger partial charge in [-0.1, -0.05) is 0 Å². The van der Waals surface area contributed by atoms with Gasteiger partial charge in [0.05, 0.1) is 17.1 Å². The molecular formula is C12H15NO6S2. The van der Waals surface area contributed by atoms with Crippen molar-refractivity contribution in [3.05, 3.63) is 23.8 Å². The summed E-state index contributed by atoms with van der Waals surface area (Å²) >= 11 is 0. The summed E-state index contributed by atoms with van der Waals surface area (Å²) in [6.07, 6.45) is 3.29. The van der Waals surface area contributed by atoms with E-state index in [0.29, 0.717) is 25.8 Å². The molecule has 1 aromatic carbocycles. The monoisotopic (exact) mass is 333 g/mol. The first kappa shape index (κ1) is 16.1. The molecule has 0 spiro atoms. The average Bonchev–Trinajstić information content (AvgIpc) is 2.75. The van der Waals surface area contributed by atoms with E-state index >= 15 is 0 Å². The summed E-state index contributed by atoms with van der Waals surface area (Å²) in [7, 11) is -8.39. The Hall–Kier alpha value is -1.29. The van der Waals surface area contributed by atoms with Gasteiger partial charge in [-0.25, -0.2) is 13.0 Å². The van der Waals surface area contributed by atoms with Gasteiger partial charge < -0.3 is 4.55 Å². The van der Waals surface area contributed by atoms with Gasteiger partial charge in [0.1, 0.15) is 22.9 Å². The van der Waals surface area contributed by atoms with E-state index in [1.165, 1.54) is 12.1 Å². The zero-order valence-corrected chi connectivity index (χ0v) is 12.7. The summed E-state index contributed by atoms with van der Waals surface area (Å²) < 4.78 is 64.6. The van der Waals surface area contributed by atoms with Gasteiger partial charge in [-0.3, -0.25) is 4.55 Å². The normalized spacial score (nSPS) is 14.9. The molecule has 0 amide bonds. The smallest absolute Gasteiger partial charge is 0.264 e. The lowest BCUT2D eigenvalue weighted by molar-refractivity contribution is -0.433. The zero-order valence-electron chi connectivity index (χ0n) is 11.1. The third-order valence-electron chi connectivity index (χ3n) is 3.23. The van der Waals surface area contributed by atoms with Crippen molar-refractivity contribution in [1.29, 1.82) is 0 Å². The molecule has 21 heavy (non-hydrogen) atoms. The van der Waals surface area contributed by atoms with Gasteiger partial charge in [-0.2, -0.15) is 8.42 Å². The molecule has 1 aliphatic rings. The predicted octanol–water partition coefficient (Wildman–Crippen LogP) is 0.530. The lowest BCUT2D eigenvalue weighted by atomic mass is 10.1. The van der Waals surface area contributed by atoms with E-state index in [1.54, 1.807) is 6.07 Å². The molecule has 1 aliphatic heterocycles. The van der Waals surface area contributed by atoms with Crippen LogP contribution in [0.15, 0.2) is 23.1 Å². The Morgan fingerprint density at radius 2 is 1.90 bits per heavy atom. The predicted molar refractivity (Wildman–Crippen MR) is 74.6 cm³/mol. The summed E-state index contributed by atoms with van der Waals surface area (Å²) in [6.45, 7) is 0.561. The highest BCUT2D eigenvalue weighted by atomic mass is 32.2. The summed E-state index contributed by atoms with van der Waals surface area (Å²) in [5.74, 6) is -0.277. The van der Waals surface area contributed by atoms with Gasteiger partial charge in [0.25, 0.3) is 10.1 Å². The molecule has 1 aromatic rings. The molecule has 0 unspecified atom stereocenters. The van der Waals surface area contributed by atoms with Gasteiger partial charge in [0, 0.05) is 18.1 Å². The number of hydrogen-bond acceptors (Lipinski definition) is 5. The second-order valence-electron chi connectivity index (χ2n) is 4.82. The minimum atomic E-state index is -4.46. The van der Waals surface area contributed by atoms with E-state index in [0.717, 1.165) is 11.3 Å². The lowest BCUT2D eigenvalue weighted by Gasteiger charge is -2.07. The quantitative estimate of drug-likeness (QED) is 0.461. The van der Waals surface area contributed by atoms with Gasteiger partial charge in [-0.05, 0) is 18.6 Å². The Kier molecular flexibility index (Phi) is 4.47. The highest BCUT2D eigenvalue weighted by Gasteiger charge is 2.22. The van der Waals surface area contributed by atoms with E-state index in [2.05, 4.69) is 0 Å². The Labute approximate surface area is 123 Å². The van der Waals surface area contributed by atoms with Crippen molar-refractivity contribution in [2.45, 2.75) is 24.2 Å². The molecule has 2 rings (SSSR count). The van der Waals surface area contributed by atoms with E-state index in [4.69, 9.17) is 4.55 Å². The lowest BCUT2D eigenvalue weighted by Crippen LogP contribution is -2.09. The minimum absolute atomic E-state index is 0.247. The Bertz CT molecular complexity index is 780. The van der Waals surface area contributed by atoms with Gasteiger partial charge in [0.15, 0.2) is 0 Å². The molecule has 0 saturated carbocycles. The second-order valence-corrected chi connectivity index (χ2v) is 7.77. The average molecular weight is 333 g/mol. The third kappa shape index (κ3) is 4.34. The SMILES string of the molecule is O=S(=O)(O)CCCC[N+]1=CCc2cc(S(=O)(=O)[O-])ccc21. The van der Waals surface area contributed by atoms with E-state index in [1.807, 2.05) is 10.8 Å². The van der Waals surface area contributed by atoms with Gasteiger partial charge in [0.2, 0.25) is 5.69 Å². The highest BCUT2D eigenvalue weighted by molar-refractivity contribution is 7.86. The van der Waals surface area contributed by atoms with Crippen LogP contribution in [-0.4, -0.2) is 49.0 Å². The molecule has 0 aromatic heterocycles. The van der Waals surface area contributed by atoms with Crippen LogP contribution in [0.2, 0.25) is 0 Å². The van der Waals surface area contributed by atoms with Crippen molar-refractivity contribution < 1.29 is 30.5 Å². The second kappa shape index (κ2) is 5.84. The molecule has 7 nitrogen and oxygen atoms in total. The Morgan fingerprint density at radius 1 is 1.19 bits per heavy atom. The first-order valence-electron chi connectivity index (χ1n) is 6.31. The fourth-order valence-corrected chi connectivity index (χ4v) is 3.34. The van der Waals surface area contributed by atoms with Crippen molar-refractivity contribution in [2.75, 3.05) is 12.3 Å². The molecule has 0 radical (unpaired) electrons. The molecule has 116 valence electrons. The van der Waals surface area contributed by atoms with Crippen LogP contribution in [0.1, 0.15) is 18.4 Å². The van der Waals surface area contributed by atoms with Gasteiger partial charge in [-0.15, -0.1) is 0 Å². The molecule has 0 bridgehead atoms. The largest absolute Gasteiger partial charge is 0.744 e. The minimum Gasteiger partial charge on any atom is -0.744 e. The molecule has 0 atom stereocenters. The first-order valence-corrected chi connectivity index (χ1v) is 9.32. The topological polar surface area (TPSA) is 115 Å². The fourth-order valence-electron chi connectivity index (χ4n) is 2.25. The number of hydrogen-bond donors (Lipinski definition) is 1. The van der Waals surface area contributed by atoms with Crippen LogP contribution < -0.4 is 0 Å². The molecule has 0 saturated heterocycles. The first-order chi connectivity index (χ1) is 9.67. The van der Waals surface area contributed by atoms with E-state index in [-0.39, 0.29) is 10.6 Å². The van der Waals surface area contributed by atoms with Crippen LogP contribution >= 0.6 is 0 Å². The number of fused-ring (bicyclic) bond motifs is 1. The molecular weight excluding hydrogens is 318 g/mol. The third-order valence-corrected chi connectivity index (χ3v) is 4.87. The van der Waals surface area contributed by atoms with Crippen LogP contribution in [-0.2, 0) is 26.7 Å². The van der Waals surface area contributed by atoms with Crippen molar-refractivity contribution >= 4 is 32.1 Å². The van der Waals surface area contributed by atoms with Crippen LogP contribution in [0, 0.1) is 0 Å². The standard InChI is InChI=1S/C12H15NO6S2/c14-20(15,16)8-2-1-6-13-7-5-10-9-11(21(17,18)19)3-4-12(10)13/h3-4,7,9H,1-2,5-6,8H2,(H-,14,15,16,17,18,19). The fraction of sp³-hybridized carbons (Fsp3) is 0.417. The maximum absolute atomic E-state index is 11.0. The van der Waals surface area contributed by atoms with E-state index < -0.39 is 20.2 Å². The molecule has 1 heterocycles. The van der Waals surface area contributed by atoms with Crippen LogP contribution in [0.25, 0.3) is 0 Å². The number of benzene rings is 1. The number of nitrogens with zero attached hydrogens (tertiary/aromatic N) is 1. The van der Waals surface area contributed by atoms with Crippen molar-refractivity contribution in [3.63, 3.8) is 0 Å². The number of rotatable bonds is 6. The molecule has 9 heteroatoms. The zero-order chi connectivity index (χ0) is 15.7. The Balaban J connectivity index is 2.02. The van der Waals surface area contributed by atoms with E-state index in [9.17, 15) is 21.4 Å².